The normalized spacial score (nSPS) is 14.4. The topological polar surface area (TPSA) is 41.5 Å². The van der Waals surface area contributed by atoms with Crippen LogP contribution in [0.25, 0.3) is 0 Å². The second-order valence-corrected chi connectivity index (χ2v) is 4.14. The number of rotatable bonds is 6. The number of likely N-dealkylation sites (N-methyl/N-ethyl adjacent to an activating group) is 1. The summed E-state index contributed by atoms with van der Waals surface area (Å²) in [7, 11) is 1.73. The third-order valence-corrected chi connectivity index (χ3v) is 2.76. The monoisotopic (exact) mass is 245 g/mol. The molecule has 0 aliphatic heterocycles. The van der Waals surface area contributed by atoms with E-state index in [2.05, 4.69) is 5.32 Å². The molecule has 1 atom stereocenters. The molecule has 0 radical (unpaired) electrons. The van der Waals surface area contributed by atoms with Crippen molar-refractivity contribution in [3.8, 4) is 5.75 Å². The van der Waals surface area contributed by atoms with Crippen molar-refractivity contribution >= 4 is 0 Å². The SMILES string of the molecule is CNC(C)(CO)CCOc1ccc(F)cc1F. The first kappa shape index (κ1) is 13.9. The number of nitrogens with one attached hydrogen (secondary N) is 1. The van der Waals surface area contributed by atoms with Gasteiger partial charge in [0.15, 0.2) is 11.6 Å². The molecule has 0 aliphatic rings. The Balaban J connectivity index is 2.51. The van der Waals surface area contributed by atoms with E-state index in [0.29, 0.717) is 6.42 Å². The minimum absolute atomic E-state index is 0.0165. The first-order valence-corrected chi connectivity index (χ1v) is 5.38. The average Bonchev–Trinajstić information content (AvgIpc) is 2.32. The smallest absolute Gasteiger partial charge is 0.167 e. The van der Waals surface area contributed by atoms with E-state index in [1.165, 1.54) is 6.07 Å². The summed E-state index contributed by atoms with van der Waals surface area (Å²) in [4.78, 5) is 0. The highest BCUT2D eigenvalue weighted by molar-refractivity contribution is 5.24. The Hall–Kier alpha value is -1.20. The molecule has 1 unspecified atom stereocenters. The molecule has 17 heavy (non-hydrogen) atoms. The predicted octanol–water partition coefficient (Wildman–Crippen LogP) is 1.70. The molecule has 0 aliphatic carbocycles. The predicted molar refractivity (Wildman–Crippen MR) is 61.0 cm³/mol. The van der Waals surface area contributed by atoms with Gasteiger partial charge in [0, 0.05) is 18.0 Å². The Kier molecular flexibility index (Phi) is 4.84. The van der Waals surface area contributed by atoms with E-state index in [-0.39, 0.29) is 19.0 Å². The van der Waals surface area contributed by atoms with Gasteiger partial charge in [-0.1, -0.05) is 0 Å². The van der Waals surface area contributed by atoms with Crippen molar-refractivity contribution in [3.63, 3.8) is 0 Å². The Bertz CT molecular complexity index is 368. The van der Waals surface area contributed by atoms with Crippen LogP contribution in [0.4, 0.5) is 8.78 Å². The lowest BCUT2D eigenvalue weighted by atomic mass is 10.0. The quantitative estimate of drug-likeness (QED) is 0.801. The van der Waals surface area contributed by atoms with Gasteiger partial charge in [-0.25, -0.2) is 8.78 Å². The van der Waals surface area contributed by atoms with Crippen molar-refractivity contribution in [3.05, 3.63) is 29.8 Å². The van der Waals surface area contributed by atoms with E-state index in [0.717, 1.165) is 12.1 Å². The van der Waals surface area contributed by atoms with Crippen LogP contribution in [0.1, 0.15) is 13.3 Å². The van der Waals surface area contributed by atoms with Crippen LogP contribution in [0.3, 0.4) is 0 Å². The molecular formula is C12H17F2NO2. The van der Waals surface area contributed by atoms with Gasteiger partial charge < -0.3 is 15.2 Å². The summed E-state index contributed by atoms with van der Waals surface area (Å²) < 4.78 is 31.0. The van der Waals surface area contributed by atoms with Gasteiger partial charge in [-0.2, -0.15) is 0 Å². The molecule has 2 N–H and O–H groups in total. The molecule has 0 bridgehead atoms. The number of hydrogen-bond donors (Lipinski definition) is 2. The second kappa shape index (κ2) is 5.93. The first-order chi connectivity index (χ1) is 8.00. The molecule has 0 saturated heterocycles. The summed E-state index contributed by atoms with van der Waals surface area (Å²) >= 11 is 0. The van der Waals surface area contributed by atoms with E-state index >= 15 is 0 Å². The van der Waals surface area contributed by atoms with Crippen LogP contribution in [0.15, 0.2) is 18.2 Å². The number of hydrogen-bond acceptors (Lipinski definition) is 3. The van der Waals surface area contributed by atoms with E-state index in [4.69, 9.17) is 9.84 Å². The fourth-order valence-electron chi connectivity index (χ4n) is 1.26. The Morgan fingerprint density at radius 2 is 2.12 bits per heavy atom. The maximum Gasteiger partial charge on any atom is 0.167 e. The Morgan fingerprint density at radius 1 is 1.41 bits per heavy atom. The van der Waals surface area contributed by atoms with Crippen molar-refractivity contribution in [2.45, 2.75) is 18.9 Å². The third-order valence-electron chi connectivity index (χ3n) is 2.76. The van der Waals surface area contributed by atoms with Crippen LogP contribution >= 0.6 is 0 Å². The minimum atomic E-state index is -0.722. The first-order valence-electron chi connectivity index (χ1n) is 5.38. The maximum atomic E-state index is 13.2. The second-order valence-electron chi connectivity index (χ2n) is 4.14. The summed E-state index contributed by atoms with van der Waals surface area (Å²) in [6.07, 6.45) is 0.511. The molecule has 0 amide bonds. The summed E-state index contributed by atoms with van der Waals surface area (Å²) in [5, 5.41) is 12.1. The lowest BCUT2D eigenvalue weighted by Crippen LogP contribution is -2.44. The van der Waals surface area contributed by atoms with Crippen molar-refractivity contribution in [2.24, 2.45) is 0 Å². The standard InChI is InChI=1S/C12H17F2NO2/c1-12(8-16,15-2)5-6-17-11-4-3-9(13)7-10(11)14/h3-4,7,15-16H,5-6,8H2,1-2H3. The van der Waals surface area contributed by atoms with Gasteiger partial charge in [0.1, 0.15) is 5.82 Å². The molecule has 1 aromatic rings. The van der Waals surface area contributed by atoms with Crippen molar-refractivity contribution < 1.29 is 18.6 Å². The minimum Gasteiger partial charge on any atom is -0.490 e. The van der Waals surface area contributed by atoms with Gasteiger partial charge >= 0.3 is 0 Å². The van der Waals surface area contributed by atoms with Crippen molar-refractivity contribution in [1.29, 1.82) is 0 Å². The number of aliphatic hydroxyl groups is 1. The maximum absolute atomic E-state index is 13.2. The lowest BCUT2D eigenvalue weighted by Gasteiger charge is -2.26. The average molecular weight is 245 g/mol. The number of benzene rings is 1. The fraction of sp³-hybridized carbons (Fsp3) is 0.500. The zero-order valence-corrected chi connectivity index (χ0v) is 9.96. The molecule has 0 saturated carbocycles. The third kappa shape index (κ3) is 3.94. The van der Waals surface area contributed by atoms with Crippen LogP contribution in [0.5, 0.6) is 5.75 Å². The van der Waals surface area contributed by atoms with Crippen LogP contribution in [-0.4, -0.2) is 30.9 Å². The zero-order valence-electron chi connectivity index (χ0n) is 9.96. The van der Waals surface area contributed by atoms with Crippen LogP contribution in [0.2, 0.25) is 0 Å². The molecule has 0 spiro atoms. The highest BCUT2D eigenvalue weighted by Crippen LogP contribution is 2.18. The van der Waals surface area contributed by atoms with E-state index in [9.17, 15) is 8.78 Å². The number of halogens is 2. The summed E-state index contributed by atoms with van der Waals surface area (Å²) in [6.45, 7) is 2.02. The number of aliphatic hydroxyl groups excluding tert-OH is 1. The largest absolute Gasteiger partial charge is 0.490 e. The molecular weight excluding hydrogens is 228 g/mol. The molecule has 0 fully saturated rings. The molecule has 0 heterocycles. The highest BCUT2D eigenvalue weighted by atomic mass is 19.1. The lowest BCUT2D eigenvalue weighted by molar-refractivity contribution is 0.149. The fourth-order valence-corrected chi connectivity index (χ4v) is 1.26. The number of ether oxygens (including phenoxy) is 1. The van der Waals surface area contributed by atoms with Crippen LogP contribution < -0.4 is 10.1 Å². The molecule has 1 rings (SSSR count). The highest BCUT2D eigenvalue weighted by Gasteiger charge is 2.20. The van der Waals surface area contributed by atoms with Gasteiger partial charge in [0.2, 0.25) is 0 Å². The molecule has 0 aromatic heterocycles. The van der Waals surface area contributed by atoms with Crippen LogP contribution in [-0.2, 0) is 0 Å². The zero-order chi connectivity index (χ0) is 12.9. The van der Waals surface area contributed by atoms with Crippen LogP contribution in [0, 0.1) is 11.6 Å². The molecule has 3 nitrogen and oxygen atoms in total. The summed E-state index contributed by atoms with van der Waals surface area (Å²) in [5.74, 6) is -1.34. The van der Waals surface area contributed by atoms with Gasteiger partial charge in [0.25, 0.3) is 0 Å². The Labute approximate surface area is 99.4 Å². The molecule has 1 aromatic carbocycles. The molecule has 5 heteroatoms. The summed E-state index contributed by atoms with van der Waals surface area (Å²) in [5.41, 5.74) is -0.462. The van der Waals surface area contributed by atoms with E-state index in [1.54, 1.807) is 7.05 Å². The van der Waals surface area contributed by atoms with E-state index < -0.39 is 17.2 Å². The van der Waals surface area contributed by atoms with Crippen molar-refractivity contribution in [2.75, 3.05) is 20.3 Å². The van der Waals surface area contributed by atoms with Crippen molar-refractivity contribution in [1.82, 2.24) is 5.32 Å². The van der Waals surface area contributed by atoms with Gasteiger partial charge in [-0.3, -0.25) is 0 Å². The summed E-state index contributed by atoms with van der Waals surface area (Å²) in [6, 6.07) is 3.17. The van der Waals surface area contributed by atoms with Gasteiger partial charge in [0.05, 0.1) is 13.2 Å². The van der Waals surface area contributed by atoms with Gasteiger partial charge in [-0.15, -0.1) is 0 Å². The molecule has 96 valence electrons. The van der Waals surface area contributed by atoms with Gasteiger partial charge in [-0.05, 0) is 26.1 Å². The Morgan fingerprint density at radius 3 is 2.65 bits per heavy atom. The van der Waals surface area contributed by atoms with E-state index in [1.807, 2.05) is 6.92 Å².